The normalized spacial score (nSPS) is 14.7. The van der Waals surface area contributed by atoms with Crippen LogP contribution in [0.4, 0.5) is 0 Å². The highest BCUT2D eigenvalue weighted by Gasteiger charge is 2.36. The van der Waals surface area contributed by atoms with Crippen molar-refractivity contribution in [1.29, 1.82) is 0 Å². The van der Waals surface area contributed by atoms with E-state index in [0.717, 1.165) is 12.2 Å². The summed E-state index contributed by atoms with van der Waals surface area (Å²) in [5.74, 6) is 1.16. The van der Waals surface area contributed by atoms with Crippen molar-refractivity contribution in [3.63, 3.8) is 0 Å². The molecule has 26 heavy (non-hydrogen) atoms. The van der Waals surface area contributed by atoms with Gasteiger partial charge in [0.05, 0.1) is 8.80 Å². The van der Waals surface area contributed by atoms with Gasteiger partial charge in [0.1, 0.15) is 20.4 Å². The summed E-state index contributed by atoms with van der Waals surface area (Å²) in [7, 11) is -2.77. The molecule has 0 aromatic heterocycles. The maximum atomic E-state index is 6.43. The molecule has 0 saturated heterocycles. The van der Waals surface area contributed by atoms with Crippen LogP contribution in [0.25, 0.3) is 0 Å². The average Bonchev–Trinajstić information content (AvgIpc) is 3.06. The van der Waals surface area contributed by atoms with E-state index in [2.05, 4.69) is 84.8 Å². The lowest BCUT2D eigenvalue weighted by molar-refractivity contribution is 0.354. The number of hydrogen-bond donors (Lipinski definition) is 0. The molecular formula is C23H36OSi2. The van der Waals surface area contributed by atoms with Crippen LogP contribution in [0.1, 0.15) is 38.3 Å². The third-order valence-electron chi connectivity index (χ3n) is 5.45. The highest BCUT2D eigenvalue weighted by atomic mass is 28.3. The molecule has 0 fully saturated rings. The zero-order chi connectivity index (χ0) is 19.7. The van der Waals surface area contributed by atoms with Crippen molar-refractivity contribution in [3.8, 4) is 5.75 Å². The second kappa shape index (κ2) is 7.73. The van der Waals surface area contributed by atoms with Crippen LogP contribution in [0.5, 0.6) is 5.75 Å². The van der Waals surface area contributed by atoms with E-state index in [4.69, 9.17) is 4.74 Å². The van der Waals surface area contributed by atoms with Crippen molar-refractivity contribution in [2.75, 3.05) is 6.61 Å². The number of rotatable bonds is 6. The van der Waals surface area contributed by atoms with Gasteiger partial charge in [0.2, 0.25) is 0 Å². The standard InChI is InChI=1S/C23H36OSi2/c1-10-15-24-21-19(26(8,9)18-13-11-12-14-18)16-17(2)22(25(6)7)20(21)23(3,4)5/h10-13,16,25H,1,14-15H2,2-9H3. The molecule has 0 bridgehead atoms. The number of aryl methyl sites for hydroxylation is 1. The van der Waals surface area contributed by atoms with Crippen molar-refractivity contribution in [3.05, 3.63) is 53.3 Å². The molecule has 0 saturated carbocycles. The van der Waals surface area contributed by atoms with Crippen LogP contribution in [0.3, 0.4) is 0 Å². The zero-order valence-electron chi connectivity index (χ0n) is 18.0. The fourth-order valence-corrected chi connectivity index (χ4v) is 9.11. The number of benzene rings is 1. The quantitative estimate of drug-likeness (QED) is 0.501. The third kappa shape index (κ3) is 3.99. The maximum Gasteiger partial charge on any atom is 0.123 e. The van der Waals surface area contributed by atoms with Gasteiger partial charge in [0.25, 0.3) is 0 Å². The summed E-state index contributed by atoms with van der Waals surface area (Å²) in [5, 5.41) is 4.63. The largest absolute Gasteiger partial charge is 0.489 e. The molecule has 0 heterocycles. The van der Waals surface area contributed by atoms with Gasteiger partial charge in [-0.05, 0) is 29.5 Å². The molecule has 0 aliphatic heterocycles. The van der Waals surface area contributed by atoms with E-state index in [1.807, 2.05) is 6.08 Å². The van der Waals surface area contributed by atoms with Crippen LogP contribution >= 0.6 is 0 Å². The second-order valence-electron chi connectivity index (χ2n) is 9.31. The van der Waals surface area contributed by atoms with E-state index in [1.54, 1.807) is 10.4 Å². The first-order chi connectivity index (χ1) is 12.0. The van der Waals surface area contributed by atoms with E-state index in [1.165, 1.54) is 16.3 Å². The highest BCUT2D eigenvalue weighted by molar-refractivity contribution is 6.96. The van der Waals surface area contributed by atoms with Crippen molar-refractivity contribution in [1.82, 2.24) is 0 Å². The second-order valence-corrected chi connectivity index (χ2v) is 16.6. The van der Waals surface area contributed by atoms with E-state index < -0.39 is 16.9 Å². The molecular weight excluding hydrogens is 348 g/mol. The lowest BCUT2D eigenvalue weighted by Crippen LogP contribution is -2.48. The van der Waals surface area contributed by atoms with Crippen molar-refractivity contribution in [2.24, 2.45) is 0 Å². The summed E-state index contributed by atoms with van der Waals surface area (Å²) in [6.07, 6.45) is 9.78. The molecule has 1 aromatic rings. The Morgan fingerprint density at radius 3 is 2.38 bits per heavy atom. The van der Waals surface area contributed by atoms with Crippen molar-refractivity contribution in [2.45, 2.75) is 65.7 Å². The summed E-state index contributed by atoms with van der Waals surface area (Å²) in [5.41, 5.74) is 2.98. The van der Waals surface area contributed by atoms with E-state index >= 15 is 0 Å². The first-order valence-electron chi connectivity index (χ1n) is 9.80. The van der Waals surface area contributed by atoms with Crippen molar-refractivity contribution >= 4 is 27.2 Å². The van der Waals surface area contributed by atoms with E-state index in [0.29, 0.717) is 6.61 Å². The summed E-state index contributed by atoms with van der Waals surface area (Å²) in [6, 6.07) is 2.46. The molecule has 0 N–H and O–H groups in total. The SMILES string of the molecule is C=CCOc1c([Si](C)(C)C2=CC=CC2)cc(C)c([SiH](C)C)c1C(C)(C)C. The lowest BCUT2D eigenvalue weighted by atomic mass is 9.85. The Morgan fingerprint density at radius 1 is 1.27 bits per heavy atom. The molecule has 0 radical (unpaired) electrons. The minimum atomic E-state index is -1.79. The van der Waals surface area contributed by atoms with Gasteiger partial charge in [-0.3, -0.25) is 0 Å². The predicted octanol–water partition coefficient (Wildman–Crippen LogP) is 4.89. The molecule has 1 aliphatic carbocycles. The van der Waals surface area contributed by atoms with Gasteiger partial charge in [-0.1, -0.05) is 99.9 Å². The predicted molar refractivity (Wildman–Crippen MR) is 123 cm³/mol. The Labute approximate surface area is 163 Å². The molecule has 3 heteroatoms. The summed E-state index contributed by atoms with van der Waals surface area (Å²) in [6.45, 7) is 23.6. The van der Waals surface area contributed by atoms with Crippen LogP contribution in [-0.4, -0.2) is 23.5 Å². The van der Waals surface area contributed by atoms with Crippen LogP contribution in [-0.2, 0) is 5.41 Å². The number of hydrogen-bond acceptors (Lipinski definition) is 1. The molecule has 0 unspecified atom stereocenters. The van der Waals surface area contributed by atoms with Gasteiger partial charge in [0.15, 0.2) is 0 Å². The molecule has 0 atom stereocenters. The molecule has 142 valence electrons. The van der Waals surface area contributed by atoms with Gasteiger partial charge >= 0.3 is 0 Å². The van der Waals surface area contributed by atoms with Gasteiger partial charge in [0, 0.05) is 0 Å². The molecule has 0 spiro atoms. The molecule has 0 amide bonds. The minimum absolute atomic E-state index is 0.0661. The van der Waals surface area contributed by atoms with Crippen LogP contribution in [0.2, 0.25) is 26.2 Å². The Bertz CT molecular complexity index is 746. The monoisotopic (exact) mass is 384 g/mol. The van der Waals surface area contributed by atoms with Crippen LogP contribution < -0.4 is 15.1 Å². The van der Waals surface area contributed by atoms with E-state index in [-0.39, 0.29) is 5.41 Å². The Kier molecular flexibility index (Phi) is 6.24. The Hall–Kier alpha value is -1.33. The molecule has 2 rings (SSSR count). The maximum absolute atomic E-state index is 6.43. The van der Waals surface area contributed by atoms with Crippen molar-refractivity contribution < 1.29 is 4.74 Å². The Balaban J connectivity index is 2.83. The third-order valence-corrected chi connectivity index (χ3v) is 11.0. The topological polar surface area (TPSA) is 9.23 Å². The molecule has 1 aromatic carbocycles. The van der Waals surface area contributed by atoms with E-state index in [9.17, 15) is 0 Å². The van der Waals surface area contributed by atoms with Gasteiger partial charge in [-0.2, -0.15) is 0 Å². The summed E-state index contributed by atoms with van der Waals surface area (Å²) < 4.78 is 6.43. The number of ether oxygens (including phenoxy) is 1. The molecule has 1 nitrogen and oxygen atoms in total. The fourth-order valence-electron chi connectivity index (χ4n) is 4.14. The lowest BCUT2D eigenvalue weighted by Gasteiger charge is -2.35. The summed E-state index contributed by atoms with van der Waals surface area (Å²) in [4.78, 5) is 0. The average molecular weight is 385 g/mol. The first kappa shape index (κ1) is 21.0. The zero-order valence-corrected chi connectivity index (χ0v) is 20.1. The van der Waals surface area contributed by atoms with Gasteiger partial charge in [-0.15, -0.1) is 0 Å². The van der Waals surface area contributed by atoms with Gasteiger partial charge < -0.3 is 4.74 Å². The number of allylic oxidation sites excluding steroid dienone is 4. The first-order valence-corrected chi connectivity index (χ1v) is 15.7. The molecule has 1 aliphatic rings. The van der Waals surface area contributed by atoms with Gasteiger partial charge in [-0.25, -0.2) is 0 Å². The van der Waals surface area contributed by atoms with Crippen LogP contribution in [0.15, 0.2) is 42.1 Å². The fraction of sp³-hybridized carbons (Fsp3) is 0.478. The summed E-state index contributed by atoms with van der Waals surface area (Å²) >= 11 is 0. The Morgan fingerprint density at radius 2 is 1.92 bits per heavy atom. The smallest absolute Gasteiger partial charge is 0.123 e. The highest BCUT2D eigenvalue weighted by Crippen LogP contribution is 2.34. The minimum Gasteiger partial charge on any atom is -0.489 e. The van der Waals surface area contributed by atoms with Crippen LogP contribution in [0, 0.1) is 6.92 Å².